The van der Waals surface area contributed by atoms with E-state index in [1.807, 2.05) is 58.2 Å². The molecule has 0 heterocycles. The summed E-state index contributed by atoms with van der Waals surface area (Å²) in [4.78, 5) is 5.47. The molecule has 0 bridgehead atoms. The predicted octanol–water partition coefficient (Wildman–Crippen LogP) is 4.60. The first-order valence-corrected chi connectivity index (χ1v) is 10.9. The highest BCUT2D eigenvalue weighted by Crippen LogP contribution is 2.18. The fourth-order valence-electron chi connectivity index (χ4n) is 3.03. The molecule has 0 spiro atoms. The minimum atomic E-state index is 0.304. The van der Waals surface area contributed by atoms with E-state index in [9.17, 15) is 0 Å². The van der Waals surface area contributed by atoms with E-state index in [1.54, 1.807) is 12.1 Å². The molecule has 8 nitrogen and oxygen atoms in total. The molecule has 0 saturated heterocycles. The smallest absolute Gasteiger partial charge is 0.208 e. The van der Waals surface area contributed by atoms with E-state index < -0.39 is 0 Å². The van der Waals surface area contributed by atoms with Crippen molar-refractivity contribution < 1.29 is 14.3 Å². The topological polar surface area (TPSA) is 94.0 Å². The maximum Gasteiger partial charge on any atom is 0.208 e. The summed E-state index contributed by atoms with van der Waals surface area (Å²) in [5.41, 5.74) is 5.59. The third-order valence-electron chi connectivity index (χ3n) is 5.06. The highest BCUT2D eigenvalue weighted by atomic mass is 16.6. The zero-order valence-corrected chi connectivity index (χ0v) is 20.5. The summed E-state index contributed by atoms with van der Waals surface area (Å²) in [7, 11) is 3.47. The zero-order valence-electron chi connectivity index (χ0n) is 20.5. The number of nitrogens with zero attached hydrogens (tertiary/aromatic N) is 4. The predicted molar refractivity (Wildman–Crippen MR) is 133 cm³/mol. The molecule has 0 aliphatic rings. The molecule has 0 unspecified atom stereocenters. The van der Waals surface area contributed by atoms with Crippen LogP contribution in [0.2, 0.25) is 0 Å². The van der Waals surface area contributed by atoms with Gasteiger partial charge in [-0.25, -0.2) is 5.01 Å². The van der Waals surface area contributed by atoms with E-state index >= 15 is 0 Å². The van der Waals surface area contributed by atoms with Crippen LogP contribution in [0.1, 0.15) is 49.4 Å². The number of methoxy groups -OCH3 is 1. The summed E-state index contributed by atoms with van der Waals surface area (Å²) < 4.78 is 11.3. The maximum absolute atomic E-state index is 5.97. The molecular formula is C25H35N5O3. The Labute approximate surface area is 196 Å². The van der Waals surface area contributed by atoms with Gasteiger partial charge >= 0.3 is 0 Å². The number of benzene rings is 2. The Bertz CT molecular complexity index is 999. The number of aryl methyl sites for hydroxylation is 1. The highest BCUT2D eigenvalue weighted by Gasteiger charge is 2.09. The second kappa shape index (κ2) is 13.3. The summed E-state index contributed by atoms with van der Waals surface area (Å²) in [5, 5.41) is 14.4. The van der Waals surface area contributed by atoms with Crippen molar-refractivity contribution in [3.8, 4) is 5.75 Å². The van der Waals surface area contributed by atoms with Gasteiger partial charge < -0.3 is 14.3 Å². The van der Waals surface area contributed by atoms with Crippen LogP contribution in [0.3, 0.4) is 0 Å². The van der Waals surface area contributed by atoms with Crippen molar-refractivity contribution in [3.63, 3.8) is 0 Å². The minimum absolute atomic E-state index is 0.304. The van der Waals surface area contributed by atoms with E-state index in [0.29, 0.717) is 43.5 Å². The average Bonchev–Trinajstić information content (AvgIpc) is 2.80. The van der Waals surface area contributed by atoms with Gasteiger partial charge in [0.15, 0.2) is 0 Å². The summed E-state index contributed by atoms with van der Waals surface area (Å²) in [5.74, 6) is 7.15. The molecule has 0 saturated carbocycles. The number of nitrogens with two attached hydrogens (primary N) is 1. The Morgan fingerprint density at radius 2 is 1.70 bits per heavy atom. The number of hydrazine groups is 1. The lowest BCUT2D eigenvalue weighted by atomic mass is 10.0. The SMILES string of the molecule is CCC(=NN=C(C)C(C)=NOCc1ccccc1OC)OCc1c(C)cccc1CN(C)N. The molecule has 0 aliphatic heterocycles. The normalized spacial score (nSPS) is 12.8. The number of hydrogen-bond donors (Lipinski definition) is 1. The quantitative estimate of drug-likeness (QED) is 0.232. The molecule has 0 radical (unpaired) electrons. The molecule has 8 heteroatoms. The van der Waals surface area contributed by atoms with Gasteiger partial charge in [-0.05, 0) is 43.5 Å². The van der Waals surface area contributed by atoms with Crippen LogP contribution in [0.15, 0.2) is 57.8 Å². The molecule has 0 aromatic heterocycles. The van der Waals surface area contributed by atoms with Gasteiger partial charge in [-0.3, -0.25) is 5.84 Å². The average molecular weight is 454 g/mol. The van der Waals surface area contributed by atoms with Gasteiger partial charge in [0, 0.05) is 25.6 Å². The van der Waals surface area contributed by atoms with Crippen molar-refractivity contribution in [1.82, 2.24) is 5.01 Å². The van der Waals surface area contributed by atoms with Gasteiger partial charge in [0.2, 0.25) is 5.90 Å². The summed E-state index contributed by atoms with van der Waals surface area (Å²) in [6.45, 7) is 9.05. The van der Waals surface area contributed by atoms with Crippen LogP contribution in [0.25, 0.3) is 0 Å². The van der Waals surface area contributed by atoms with Crippen LogP contribution < -0.4 is 10.6 Å². The van der Waals surface area contributed by atoms with Crippen molar-refractivity contribution >= 4 is 17.3 Å². The first-order valence-electron chi connectivity index (χ1n) is 10.9. The van der Waals surface area contributed by atoms with Crippen LogP contribution in [0, 0.1) is 6.92 Å². The second-order valence-electron chi connectivity index (χ2n) is 7.71. The fraction of sp³-hybridized carbons (Fsp3) is 0.400. The van der Waals surface area contributed by atoms with Gasteiger partial charge in [0.05, 0.1) is 18.5 Å². The van der Waals surface area contributed by atoms with Gasteiger partial charge in [-0.1, -0.05) is 48.5 Å². The van der Waals surface area contributed by atoms with Crippen LogP contribution in [-0.4, -0.2) is 36.5 Å². The second-order valence-corrected chi connectivity index (χ2v) is 7.71. The molecule has 0 aliphatic carbocycles. The Hall–Kier alpha value is -3.23. The van der Waals surface area contributed by atoms with Gasteiger partial charge in [0.25, 0.3) is 0 Å². The van der Waals surface area contributed by atoms with Crippen molar-refractivity contribution in [2.45, 2.75) is 53.9 Å². The molecule has 0 fully saturated rings. The fourth-order valence-corrected chi connectivity index (χ4v) is 3.03. The molecular weight excluding hydrogens is 418 g/mol. The molecule has 2 rings (SSSR count). The molecule has 33 heavy (non-hydrogen) atoms. The Kier molecular flexibility index (Phi) is 10.5. The Balaban J connectivity index is 2.01. The van der Waals surface area contributed by atoms with Crippen molar-refractivity contribution in [1.29, 1.82) is 0 Å². The standard InChI is InChI=1S/C25H35N5O3/c1-7-25(32-17-23-18(2)11-10-13-21(23)15-30(5)26)28-27-19(3)20(4)29-33-16-22-12-8-9-14-24(22)31-6/h8-14H,7,15-17,26H2,1-6H3. The molecule has 0 amide bonds. The van der Waals surface area contributed by atoms with Crippen LogP contribution >= 0.6 is 0 Å². The van der Waals surface area contributed by atoms with Crippen molar-refractivity contribution in [2.24, 2.45) is 21.2 Å². The van der Waals surface area contributed by atoms with Gasteiger partial charge in [-0.2, -0.15) is 5.10 Å². The number of ether oxygens (including phenoxy) is 2. The lowest BCUT2D eigenvalue weighted by Crippen LogP contribution is -2.26. The van der Waals surface area contributed by atoms with Crippen LogP contribution in [-0.2, 0) is 29.3 Å². The van der Waals surface area contributed by atoms with E-state index in [4.69, 9.17) is 20.2 Å². The van der Waals surface area contributed by atoms with Crippen LogP contribution in [0.5, 0.6) is 5.75 Å². The Morgan fingerprint density at radius 3 is 2.39 bits per heavy atom. The first-order chi connectivity index (χ1) is 15.8. The number of para-hydroxylation sites is 1. The minimum Gasteiger partial charge on any atom is -0.496 e. The van der Waals surface area contributed by atoms with E-state index in [0.717, 1.165) is 28.0 Å². The summed E-state index contributed by atoms with van der Waals surface area (Å²) >= 11 is 0. The molecule has 2 N–H and O–H groups in total. The molecule has 2 aromatic carbocycles. The van der Waals surface area contributed by atoms with Crippen molar-refractivity contribution in [2.75, 3.05) is 14.2 Å². The maximum atomic E-state index is 5.97. The number of hydrogen-bond acceptors (Lipinski definition) is 8. The lowest BCUT2D eigenvalue weighted by Gasteiger charge is -2.16. The van der Waals surface area contributed by atoms with Crippen LogP contribution in [0.4, 0.5) is 0 Å². The van der Waals surface area contributed by atoms with Gasteiger partial charge in [0.1, 0.15) is 19.0 Å². The zero-order chi connectivity index (χ0) is 24.2. The summed E-state index contributed by atoms with van der Waals surface area (Å²) in [6, 6.07) is 13.8. The van der Waals surface area contributed by atoms with E-state index in [2.05, 4.69) is 34.4 Å². The largest absolute Gasteiger partial charge is 0.496 e. The molecule has 2 aromatic rings. The van der Waals surface area contributed by atoms with E-state index in [-0.39, 0.29) is 0 Å². The Morgan fingerprint density at radius 1 is 0.970 bits per heavy atom. The molecule has 178 valence electrons. The monoisotopic (exact) mass is 453 g/mol. The number of rotatable bonds is 11. The van der Waals surface area contributed by atoms with Crippen molar-refractivity contribution in [3.05, 3.63) is 64.7 Å². The van der Waals surface area contributed by atoms with E-state index in [1.165, 1.54) is 0 Å². The summed E-state index contributed by atoms with van der Waals surface area (Å²) in [6.07, 6.45) is 0.620. The third-order valence-corrected chi connectivity index (χ3v) is 5.06. The lowest BCUT2D eigenvalue weighted by molar-refractivity contribution is 0.129. The third kappa shape index (κ3) is 8.32. The molecule has 0 atom stereocenters. The number of oxime groups is 1. The van der Waals surface area contributed by atoms with Gasteiger partial charge in [-0.15, -0.1) is 5.10 Å². The first kappa shape index (κ1) is 26.0. The highest BCUT2D eigenvalue weighted by molar-refractivity contribution is 6.40.